The van der Waals surface area contributed by atoms with Crippen LogP contribution < -0.4 is 0 Å². The van der Waals surface area contributed by atoms with Crippen molar-refractivity contribution in [2.24, 2.45) is 0 Å². The van der Waals surface area contributed by atoms with E-state index in [0.717, 1.165) is 15.6 Å². The third-order valence-electron chi connectivity index (χ3n) is 2.11. The Balaban J connectivity index is 2.81. The van der Waals surface area contributed by atoms with Crippen molar-refractivity contribution in [3.8, 4) is 0 Å². The molecule has 0 aliphatic carbocycles. The molecule has 0 unspecified atom stereocenters. The van der Waals surface area contributed by atoms with Crippen LogP contribution in [0.2, 0.25) is 0 Å². The lowest BCUT2D eigenvalue weighted by atomic mass is 10.1. The lowest BCUT2D eigenvalue weighted by Gasteiger charge is -2.02. The van der Waals surface area contributed by atoms with E-state index in [2.05, 4.69) is 21.3 Å². The average molecular weight is 291 g/mol. The normalized spacial score (nSPS) is 11.1. The molecule has 1 heterocycles. The zero-order chi connectivity index (χ0) is 10.1. The molecule has 0 bridgehead atoms. The van der Waals surface area contributed by atoms with Gasteiger partial charge in [-0.1, -0.05) is 15.9 Å². The highest BCUT2D eigenvalue weighted by Crippen LogP contribution is 2.36. The van der Waals surface area contributed by atoms with Crippen molar-refractivity contribution in [2.45, 2.75) is 10.2 Å². The Labute approximate surface area is 98.6 Å². The smallest absolute Gasteiger partial charge is 0.127 e. The maximum absolute atomic E-state index is 13.5. The fourth-order valence-electron chi connectivity index (χ4n) is 1.43. The lowest BCUT2D eigenvalue weighted by molar-refractivity contribution is 0.620. The first-order valence-corrected chi connectivity index (χ1v) is 7.29. The van der Waals surface area contributed by atoms with Gasteiger partial charge in [-0.2, -0.15) is 0 Å². The zero-order valence-electron chi connectivity index (χ0n) is 7.51. The fraction of sp³-hybridized carbons (Fsp3) is 0.200. The monoisotopic (exact) mass is 290 g/mol. The SMILES string of the molecule is CSc1csc2ccc(F)c(CBr)c12. The molecule has 0 N–H and O–H groups in total. The van der Waals surface area contributed by atoms with E-state index in [1.54, 1.807) is 29.2 Å². The highest BCUT2D eigenvalue weighted by molar-refractivity contribution is 9.08. The van der Waals surface area contributed by atoms with Gasteiger partial charge in [0.25, 0.3) is 0 Å². The summed E-state index contributed by atoms with van der Waals surface area (Å²) in [6.07, 6.45) is 2.02. The first-order valence-electron chi connectivity index (χ1n) is 4.06. The number of thioether (sulfide) groups is 1. The van der Waals surface area contributed by atoms with Gasteiger partial charge < -0.3 is 0 Å². The van der Waals surface area contributed by atoms with E-state index in [9.17, 15) is 4.39 Å². The fourth-order valence-corrected chi connectivity index (χ4v) is 3.85. The quantitative estimate of drug-likeness (QED) is 0.573. The number of hydrogen-bond acceptors (Lipinski definition) is 2. The van der Waals surface area contributed by atoms with E-state index in [4.69, 9.17) is 0 Å². The molecule has 0 saturated carbocycles. The second kappa shape index (κ2) is 4.21. The summed E-state index contributed by atoms with van der Waals surface area (Å²) in [6.45, 7) is 0. The summed E-state index contributed by atoms with van der Waals surface area (Å²) in [5.41, 5.74) is 0.771. The Kier molecular flexibility index (Phi) is 3.14. The van der Waals surface area contributed by atoms with E-state index < -0.39 is 0 Å². The van der Waals surface area contributed by atoms with Crippen molar-refractivity contribution in [1.82, 2.24) is 0 Å². The van der Waals surface area contributed by atoms with Crippen LogP contribution >= 0.6 is 39.0 Å². The van der Waals surface area contributed by atoms with Gasteiger partial charge in [0.05, 0.1) is 0 Å². The van der Waals surface area contributed by atoms with Crippen molar-refractivity contribution >= 4 is 49.1 Å². The predicted molar refractivity (Wildman–Crippen MR) is 66.2 cm³/mol. The third kappa shape index (κ3) is 1.59. The summed E-state index contributed by atoms with van der Waals surface area (Å²) in [4.78, 5) is 1.17. The van der Waals surface area contributed by atoms with E-state index in [0.29, 0.717) is 5.33 Å². The molecule has 0 nitrogen and oxygen atoms in total. The van der Waals surface area contributed by atoms with Gasteiger partial charge in [0.2, 0.25) is 0 Å². The van der Waals surface area contributed by atoms with Gasteiger partial charge in [-0.15, -0.1) is 23.1 Å². The number of benzene rings is 1. The van der Waals surface area contributed by atoms with Gasteiger partial charge in [-0.3, -0.25) is 0 Å². The zero-order valence-corrected chi connectivity index (χ0v) is 10.7. The van der Waals surface area contributed by atoms with Gasteiger partial charge in [-0.25, -0.2) is 4.39 Å². The third-order valence-corrected chi connectivity index (χ3v) is 4.53. The molecule has 1 aromatic carbocycles. The number of alkyl halides is 1. The molecule has 1 aromatic heterocycles. The number of thiophene rings is 1. The molecule has 0 fully saturated rings. The molecule has 2 aromatic rings. The molecule has 14 heavy (non-hydrogen) atoms. The van der Waals surface area contributed by atoms with Crippen LogP contribution in [0.1, 0.15) is 5.56 Å². The summed E-state index contributed by atoms with van der Waals surface area (Å²) in [5.74, 6) is -0.122. The summed E-state index contributed by atoms with van der Waals surface area (Å²) in [5, 5.41) is 3.72. The highest BCUT2D eigenvalue weighted by Gasteiger charge is 2.11. The van der Waals surface area contributed by atoms with Crippen molar-refractivity contribution in [3.05, 3.63) is 28.9 Å². The lowest BCUT2D eigenvalue weighted by Crippen LogP contribution is -1.86. The maximum atomic E-state index is 13.5. The first-order chi connectivity index (χ1) is 6.77. The molecule has 2 rings (SSSR count). The maximum Gasteiger partial charge on any atom is 0.127 e. The Hall–Kier alpha value is -0.0600. The standard InChI is InChI=1S/C10H8BrFS2/c1-13-9-5-14-8-3-2-7(12)6(4-11)10(8)9/h2-3,5H,4H2,1H3. The molecule has 0 aliphatic heterocycles. The number of halogens is 2. The summed E-state index contributed by atoms with van der Waals surface area (Å²) < 4.78 is 14.6. The number of hydrogen-bond donors (Lipinski definition) is 0. The topological polar surface area (TPSA) is 0 Å². The second-order valence-corrected chi connectivity index (χ2v) is 5.16. The van der Waals surface area contributed by atoms with Gasteiger partial charge in [-0.05, 0) is 18.4 Å². The molecule has 0 amide bonds. The molecule has 0 saturated heterocycles. The van der Waals surface area contributed by atoms with Gasteiger partial charge in [0.1, 0.15) is 5.82 Å². The molecule has 0 radical (unpaired) electrons. The minimum Gasteiger partial charge on any atom is -0.207 e. The Bertz CT molecular complexity index is 464. The van der Waals surface area contributed by atoms with Crippen LogP contribution in [0.5, 0.6) is 0 Å². The molecular weight excluding hydrogens is 283 g/mol. The van der Waals surface area contributed by atoms with Crippen molar-refractivity contribution in [2.75, 3.05) is 6.26 Å². The molecule has 0 spiro atoms. The summed E-state index contributed by atoms with van der Waals surface area (Å²) in [7, 11) is 0. The van der Waals surface area contributed by atoms with Gasteiger partial charge in [0, 0.05) is 31.3 Å². The second-order valence-electron chi connectivity index (χ2n) is 2.84. The van der Waals surface area contributed by atoms with Gasteiger partial charge >= 0.3 is 0 Å². The predicted octanol–water partition coefficient (Wildman–Crippen LogP) is 4.66. The van der Waals surface area contributed by atoms with Crippen LogP contribution in [0.15, 0.2) is 22.4 Å². The summed E-state index contributed by atoms with van der Waals surface area (Å²) in [6, 6.07) is 3.39. The average Bonchev–Trinajstić information content (AvgIpc) is 2.61. The Morgan fingerprint density at radius 1 is 1.50 bits per heavy atom. The Morgan fingerprint density at radius 3 is 2.93 bits per heavy atom. The van der Waals surface area contributed by atoms with Crippen LogP contribution in [-0.4, -0.2) is 6.26 Å². The largest absolute Gasteiger partial charge is 0.207 e. The number of rotatable bonds is 2. The van der Waals surface area contributed by atoms with Crippen molar-refractivity contribution < 1.29 is 4.39 Å². The molecule has 0 atom stereocenters. The van der Waals surface area contributed by atoms with Crippen molar-refractivity contribution in [3.63, 3.8) is 0 Å². The van der Waals surface area contributed by atoms with Crippen LogP contribution in [0.3, 0.4) is 0 Å². The molecule has 4 heteroatoms. The van der Waals surface area contributed by atoms with Crippen LogP contribution in [0.4, 0.5) is 4.39 Å². The molecule has 74 valence electrons. The van der Waals surface area contributed by atoms with Crippen LogP contribution in [-0.2, 0) is 5.33 Å². The van der Waals surface area contributed by atoms with E-state index in [1.807, 2.05) is 12.3 Å². The van der Waals surface area contributed by atoms with E-state index in [1.165, 1.54) is 4.90 Å². The minimum atomic E-state index is -0.122. The van der Waals surface area contributed by atoms with E-state index >= 15 is 0 Å². The van der Waals surface area contributed by atoms with Crippen LogP contribution in [0, 0.1) is 5.82 Å². The van der Waals surface area contributed by atoms with Gasteiger partial charge in [0.15, 0.2) is 0 Å². The summed E-state index contributed by atoms with van der Waals surface area (Å²) >= 11 is 6.67. The molecule has 0 aliphatic rings. The van der Waals surface area contributed by atoms with Crippen molar-refractivity contribution in [1.29, 1.82) is 0 Å². The highest BCUT2D eigenvalue weighted by atomic mass is 79.9. The van der Waals surface area contributed by atoms with E-state index in [-0.39, 0.29) is 5.82 Å². The first kappa shape index (κ1) is 10.5. The van der Waals surface area contributed by atoms with Crippen LogP contribution in [0.25, 0.3) is 10.1 Å². The number of fused-ring (bicyclic) bond motifs is 1. The Morgan fingerprint density at radius 2 is 2.29 bits per heavy atom. The minimum absolute atomic E-state index is 0.122. The molecular formula is C10H8BrFS2.